The molecule has 1 heterocycles. The number of nitrogens with zero attached hydrogens (tertiary/aromatic N) is 1. The standard InChI is InChI=1S/C14H16F2N2O/c1-8-6-12(17-9(2)7-19-3)10-4-5-11(15)13(16)14(10)18-8/h4-6,9H,7H2,1-3H3,(H,17,18). The number of halogens is 2. The number of methoxy groups -OCH3 is 1. The molecule has 0 bridgehead atoms. The summed E-state index contributed by atoms with van der Waals surface area (Å²) >= 11 is 0. The van der Waals surface area contributed by atoms with E-state index in [1.807, 2.05) is 13.0 Å². The van der Waals surface area contributed by atoms with Crippen molar-refractivity contribution in [3.8, 4) is 0 Å². The van der Waals surface area contributed by atoms with Crippen LogP contribution in [0.1, 0.15) is 12.6 Å². The fraction of sp³-hybridized carbons (Fsp3) is 0.357. The number of ether oxygens (including phenoxy) is 1. The Morgan fingerprint density at radius 2 is 2.11 bits per heavy atom. The van der Waals surface area contributed by atoms with Gasteiger partial charge in [0.25, 0.3) is 0 Å². The summed E-state index contributed by atoms with van der Waals surface area (Å²) < 4.78 is 32.0. The van der Waals surface area contributed by atoms with E-state index in [1.54, 1.807) is 14.0 Å². The number of fused-ring (bicyclic) bond motifs is 1. The van der Waals surface area contributed by atoms with Gasteiger partial charge in [-0.25, -0.2) is 13.8 Å². The van der Waals surface area contributed by atoms with Crippen molar-refractivity contribution in [2.24, 2.45) is 0 Å². The van der Waals surface area contributed by atoms with Crippen molar-refractivity contribution in [2.45, 2.75) is 19.9 Å². The van der Waals surface area contributed by atoms with Crippen LogP contribution in [0.5, 0.6) is 0 Å². The van der Waals surface area contributed by atoms with E-state index in [0.29, 0.717) is 17.7 Å². The van der Waals surface area contributed by atoms with Crippen molar-refractivity contribution >= 4 is 16.6 Å². The van der Waals surface area contributed by atoms with Crippen LogP contribution in [-0.2, 0) is 4.74 Å². The van der Waals surface area contributed by atoms with Crippen molar-refractivity contribution in [1.82, 2.24) is 4.98 Å². The number of aromatic nitrogens is 1. The van der Waals surface area contributed by atoms with Gasteiger partial charge in [-0.05, 0) is 32.0 Å². The van der Waals surface area contributed by atoms with E-state index in [-0.39, 0.29) is 11.6 Å². The molecular weight excluding hydrogens is 250 g/mol. The third-order valence-corrected chi connectivity index (χ3v) is 2.82. The molecule has 0 saturated carbocycles. The van der Waals surface area contributed by atoms with Gasteiger partial charge in [-0.1, -0.05) is 0 Å². The Hall–Kier alpha value is -1.75. The highest BCUT2D eigenvalue weighted by atomic mass is 19.2. The molecule has 102 valence electrons. The normalized spacial score (nSPS) is 12.7. The van der Waals surface area contributed by atoms with Crippen LogP contribution in [0.2, 0.25) is 0 Å². The van der Waals surface area contributed by atoms with E-state index in [2.05, 4.69) is 10.3 Å². The molecule has 0 saturated heterocycles. The molecule has 0 aliphatic rings. The molecule has 2 aromatic rings. The molecule has 1 aromatic carbocycles. The van der Waals surface area contributed by atoms with Crippen molar-refractivity contribution in [2.75, 3.05) is 19.0 Å². The Morgan fingerprint density at radius 3 is 2.79 bits per heavy atom. The molecule has 19 heavy (non-hydrogen) atoms. The second kappa shape index (κ2) is 5.48. The van der Waals surface area contributed by atoms with Crippen LogP contribution >= 0.6 is 0 Å². The molecule has 1 N–H and O–H groups in total. The molecule has 3 nitrogen and oxygen atoms in total. The summed E-state index contributed by atoms with van der Waals surface area (Å²) in [7, 11) is 1.61. The molecule has 0 amide bonds. The van der Waals surface area contributed by atoms with Crippen molar-refractivity contribution in [3.63, 3.8) is 0 Å². The third-order valence-electron chi connectivity index (χ3n) is 2.82. The molecule has 2 rings (SSSR count). The molecular formula is C14H16F2N2O. The smallest absolute Gasteiger partial charge is 0.185 e. The maximum Gasteiger partial charge on any atom is 0.185 e. The van der Waals surface area contributed by atoms with E-state index in [4.69, 9.17) is 4.74 Å². The number of hydrogen-bond acceptors (Lipinski definition) is 3. The molecule has 0 spiro atoms. The number of benzene rings is 1. The van der Waals surface area contributed by atoms with Crippen molar-refractivity contribution in [1.29, 1.82) is 0 Å². The summed E-state index contributed by atoms with van der Waals surface area (Å²) in [4.78, 5) is 4.06. The zero-order chi connectivity index (χ0) is 14.0. The van der Waals surface area contributed by atoms with Gasteiger partial charge >= 0.3 is 0 Å². The third kappa shape index (κ3) is 2.81. The van der Waals surface area contributed by atoms with E-state index in [0.717, 1.165) is 11.8 Å². The summed E-state index contributed by atoms with van der Waals surface area (Å²) in [5.41, 5.74) is 1.40. The fourth-order valence-corrected chi connectivity index (χ4v) is 2.04. The number of pyridine rings is 1. The number of nitrogens with one attached hydrogen (secondary N) is 1. The summed E-state index contributed by atoms with van der Waals surface area (Å²) in [5.74, 6) is -1.80. The number of anilines is 1. The maximum atomic E-state index is 13.8. The van der Waals surface area contributed by atoms with Crippen LogP contribution in [-0.4, -0.2) is 24.7 Å². The monoisotopic (exact) mass is 266 g/mol. The molecule has 0 aliphatic carbocycles. The van der Waals surface area contributed by atoms with E-state index in [9.17, 15) is 8.78 Å². The van der Waals surface area contributed by atoms with Crippen LogP contribution in [0.15, 0.2) is 18.2 Å². The molecule has 1 aromatic heterocycles. The van der Waals surface area contributed by atoms with Crippen molar-refractivity contribution in [3.05, 3.63) is 35.5 Å². The lowest BCUT2D eigenvalue weighted by Gasteiger charge is -2.16. The lowest BCUT2D eigenvalue weighted by Crippen LogP contribution is -2.21. The predicted molar refractivity (Wildman–Crippen MR) is 71.4 cm³/mol. The van der Waals surface area contributed by atoms with Gasteiger partial charge < -0.3 is 10.1 Å². The topological polar surface area (TPSA) is 34.1 Å². The van der Waals surface area contributed by atoms with Crippen molar-refractivity contribution < 1.29 is 13.5 Å². The highest BCUT2D eigenvalue weighted by Crippen LogP contribution is 2.27. The molecule has 0 radical (unpaired) electrons. The van der Waals surface area contributed by atoms with Gasteiger partial charge in [0.05, 0.1) is 6.61 Å². The van der Waals surface area contributed by atoms with E-state index in [1.165, 1.54) is 6.07 Å². The maximum absolute atomic E-state index is 13.8. The average Bonchev–Trinajstić information content (AvgIpc) is 2.34. The van der Waals surface area contributed by atoms with Gasteiger partial charge in [-0.3, -0.25) is 0 Å². The minimum absolute atomic E-state index is 0.0483. The molecule has 1 unspecified atom stereocenters. The second-order valence-corrected chi connectivity index (χ2v) is 4.57. The Morgan fingerprint density at radius 1 is 1.37 bits per heavy atom. The number of hydrogen-bond donors (Lipinski definition) is 1. The number of rotatable bonds is 4. The van der Waals surface area contributed by atoms with Crippen LogP contribution in [0.25, 0.3) is 10.9 Å². The Balaban J connectivity index is 2.52. The van der Waals surface area contributed by atoms with Crippen LogP contribution in [0.4, 0.5) is 14.5 Å². The SMILES string of the molecule is COCC(C)Nc1cc(C)nc2c(F)c(F)ccc12. The first kappa shape index (κ1) is 13.7. The van der Waals surface area contributed by atoms with Crippen LogP contribution < -0.4 is 5.32 Å². The van der Waals surface area contributed by atoms with Crippen LogP contribution in [0, 0.1) is 18.6 Å². The zero-order valence-corrected chi connectivity index (χ0v) is 11.1. The van der Waals surface area contributed by atoms with Gasteiger partial charge in [0.15, 0.2) is 11.6 Å². The lowest BCUT2D eigenvalue weighted by atomic mass is 10.1. The quantitative estimate of drug-likeness (QED) is 0.922. The van der Waals surface area contributed by atoms with Gasteiger partial charge in [0, 0.05) is 29.9 Å². The van der Waals surface area contributed by atoms with Gasteiger partial charge in [-0.2, -0.15) is 0 Å². The lowest BCUT2D eigenvalue weighted by molar-refractivity contribution is 0.190. The average molecular weight is 266 g/mol. The summed E-state index contributed by atoms with van der Waals surface area (Å²) in [5, 5.41) is 3.78. The first-order valence-electron chi connectivity index (χ1n) is 6.03. The summed E-state index contributed by atoms with van der Waals surface area (Å²) in [6.45, 7) is 4.22. The molecule has 5 heteroatoms. The highest BCUT2D eigenvalue weighted by molar-refractivity contribution is 5.92. The molecule has 0 fully saturated rings. The number of aryl methyl sites for hydroxylation is 1. The first-order chi connectivity index (χ1) is 9.02. The fourth-order valence-electron chi connectivity index (χ4n) is 2.04. The first-order valence-corrected chi connectivity index (χ1v) is 6.03. The minimum Gasteiger partial charge on any atom is -0.383 e. The van der Waals surface area contributed by atoms with Gasteiger partial charge in [0.1, 0.15) is 5.52 Å². The molecule has 0 aliphatic heterocycles. The summed E-state index contributed by atoms with van der Waals surface area (Å²) in [6.07, 6.45) is 0. The van der Waals surface area contributed by atoms with Crippen LogP contribution in [0.3, 0.4) is 0 Å². The highest BCUT2D eigenvalue weighted by Gasteiger charge is 2.13. The zero-order valence-electron chi connectivity index (χ0n) is 11.1. The summed E-state index contributed by atoms with van der Waals surface area (Å²) in [6, 6.07) is 4.51. The largest absolute Gasteiger partial charge is 0.383 e. The Kier molecular flexibility index (Phi) is 3.95. The molecule has 1 atom stereocenters. The Bertz CT molecular complexity index is 602. The van der Waals surface area contributed by atoms with E-state index < -0.39 is 11.6 Å². The van der Waals surface area contributed by atoms with Gasteiger partial charge in [-0.15, -0.1) is 0 Å². The predicted octanol–water partition coefficient (Wildman–Crippen LogP) is 3.27. The minimum atomic E-state index is -0.913. The van der Waals surface area contributed by atoms with Gasteiger partial charge in [0.2, 0.25) is 0 Å². The second-order valence-electron chi connectivity index (χ2n) is 4.57. The Labute approximate surface area is 110 Å². The van der Waals surface area contributed by atoms with E-state index >= 15 is 0 Å².